The fourth-order valence-electron chi connectivity index (χ4n) is 2.66. The molecule has 0 bridgehead atoms. The fraction of sp³-hybridized carbons (Fsp3) is 1.00. The number of hydrogen-bond donors (Lipinski definition) is 1. The fourth-order valence-corrected chi connectivity index (χ4v) is 2.66. The standard InChI is InChI=1S/C11H24.C7H17N.C7H16.C4H10.C3H8.2C2H6/c1-3-5-7-9-11-10-8-6-4-2;1-3-5-7-8-6-4-2;1-3-5-7-6-4-2;1-3-4-2;1-3-2;2*1-2/h3-11H2,1-2H3;8H,3-7H2,1-2H3;3-7H2,1-2H3;3-4H2,1-2H3;3H2,1-2H3;2*1-2H3. The molecule has 0 unspecified atom stereocenters. The molecule has 236 valence electrons. The molecule has 0 spiro atoms. The molecule has 0 aromatic heterocycles. The highest BCUT2D eigenvalue weighted by atomic mass is 14.8. The van der Waals surface area contributed by atoms with Gasteiger partial charge in [-0.15, -0.1) is 0 Å². The summed E-state index contributed by atoms with van der Waals surface area (Å²) in [5.74, 6) is 0. The van der Waals surface area contributed by atoms with E-state index in [-0.39, 0.29) is 0 Å². The Morgan fingerprint density at radius 2 is 0.514 bits per heavy atom. The number of hydrogen-bond acceptors (Lipinski definition) is 1. The predicted octanol–water partition coefficient (Wildman–Crippen LogP) is 14.6. The summed E-state index contributed by atoms with van der Waals surface area (Å²) in [5, 5.41) is 3.34. The minimum atomic E-state index is 1.18. The summed E-state index contributed by atoms with van der Waals surface area (Å²) in [6, 6.07) is 0. The van der Waals surface area contributed by atoms with Gasteiger partial charge in [0.1, 0.15) is 0 Å². The van der Waals surface area contributed by atoms with Gasteiger partial charge in [0.15, 0.2) is 0 Å². The van der Waals surface area contributed by atoms with Crippen LogP contribution in [0, 0.1) is 0 Å². The molecule has 37 heavy (non-hydrogen) atoms. The highest BCUT2D eigenvalue weighted by Gasteiger charge is 1.89. The van der Waals surface area contributed by atoms with Gasteiger partial charge in [0, 0.05) is 0 Å². The van der Waals surface area contributed by atoms with Crippen LogP contribution in [0.1, 0.15) is 225 Å². The third kappa shape index (κ3) is 129. The molecule has 0 rings (SSSR count). The molecule has 0 aromatic carbocycles. The largest absolute Gasteiger partial charge is 0.317 e. The minimum Gasteiger partial charge on any atom is -0.317 e. The molecule has 0 aliphatic rings. The van der Waals surface area contributed by atoms with E-state index in [0.29, 0.717) is 0 Å². The van der Waals surface area contributed by atoms with Crippen LogP contribution in [0.3, 0.4) is 0 Å². The van der Waals surface area contributed by atoms with Crippen molar-refractivity contribution < 1.29 is 0 Å². The Bertz CT molecular complexity index is 195. The number of unbranched alkanes of at least 4 members (excludes halogenated alkanes) is 14. The summed E-state index contributed by atoms with van der Waals surface area (Å²) in [6.45, 7) is 32.4. The monoisotopic (exact) mass is 534 g/mol. The van der Waals surface area contributed by atoms with Crippen molar-refractivity contribution in [3.63, 3.8) is 0 Å². The van der Waals surface area contributed by atoms with Crippen LogP contribution >= 0.6 is 0 Å². The van der Waals surface area contributed by atoms with E-state index < -0.39 is 0 Å². The molecule has 0 aliphatic carbocycles. The van der Waals surface area contributed by atoms with E-state index in [4.69, 9.17) is 0 Å². The Kier molecular flexibility index (Phi) is 120. The van der Waals surface area contributed by atoms with E-state index in [0.717, 1.165) is 0 Å². The maximum atomic E-state index is 3.34. The summed E-state index contributed by atoms with van der Waals surface area (Å²) in [7, 11) is 0. The highest BCUT2D eigenvalue weighted by Crippen LogP contribution is 2.08. The Labute approximate surface area is 243 Å². The van der Waals surface area contributed by atoms with Crippen LogP contribution in [0.5, 0.6) is 0 Å². The molecule has 1 N–H and O–H groups in total. The van der Waals surface area contributed by atoms with E-state index in [1.54, 1.807) is 0 Å². The molecule has 1 heteroatoms. The minimum absolute atomic E-state index is 1.18. The average molecular weight is 534 g/mol. The van der Waals surface area contributed by atoms with Gasteiger partial charge in [-0.25, -0.2) is 0 Å². The van der Waals surface area contributed by atoms with Gasteiger partial charge in [0.2, 0.25) is 0 Å². The van der Waals surface area contributed by atoms with E-state index >= 15 is 0 Å². The SMILES string of the molecule is CC.CC.CCC.CCCC.CCCCCCC.CCCCCCCCCCC.CCCCNCCC. The first-order chi connectivity index (χ1) is 18.1. The van der Waals surface area contributed by atoms with E-state index in [1.165, 1.54) is 142 Å². The van der Waals surface area contributed by atoms with Crippen molar-refractivity contribution in [3.8, 4) is 0 Å². The van der Waals surface area contributed by atoms with Crippen molar-refractivity contribution in [1.82, 2.24) is 5.32 Å². The molecule has 0 radical (unpaired) electrons. The lowest BCUT2D eigenvalue weighted by Gasteiger charge is -1.98. The van der Waals surface area contributed by atoms with Crippen molar-refractivity contribution in [2.75, 3.05) is 13.1 Å². The number of rotatable bonds is 18. The second kappa shape index (κ2) is 83.4. The topological polar surface area (TPSA) is 12.0 Å². The van der Waals surface area contributed by atoms with Gasteiger partial charge in [0.25, 0.3) is 0 Å². The second-order valence-electron chi connectivity index (χ2n) is 9.35. The molecule has 0 aromatic rings. The van der Waals surface area contributed by atoms with Gasteiger partial charge in [-0.3, -0.25) is 0 Å². The van der Waals surface area contributed by atoms with Crippen LogP contribution in [-0.2, 0) is 0 Å². The van der Waals surface area contributed by atoms with E-state index in [9.17, 15) is 0 Å². The molecular weight excluding hydrogens is 446 g/mol. The maximum Gasteiger partial charge on any atom is -0.00490 e. The molecule has 0 saturated heterocycles. The maximum absolute atomic E-state index is 3.34. The lowest BCUT2D eigenvalue weighted by atomic mass is 10.1. The molecular formula is C36H87N. The normalized spacial score (nSPS) is 8.59. The Morgan fingerprint density at radius 3 is 0.730 bits per heavy atom. The van der Waals surface area contributed by atoms with E-state index in [2.05, 4.69) is 74.6 Å². The Morgan fingerprint density at radius 1 is 0.270 bits per heavy atom. The van der Waals surface area contributed by atoms with Gasteiger partial charge < -0.3 is 5.32 Å². The lowest BCUT2D eigenvalue weighted by Crippen LogP contribution is -2.15. The highest BCUT2D eigenvalue weighted by molar-refractivity contribution is 4.45. The quantitative estimate of drug-likeness (QED) is 0.173. The summed E-state index contributed by atoms with van der Waals surface area (Å²) < 4.78 is 0. The zero-order valence-electron chi connectivity index (χ0n) is 30.1. The molecule has 0 atom stereocenters. The summed E-state index contributed by atoms with van der Waals surface area (Å²) >= 11 is 0. The van der Waals surface area contributed by atoms with Gasteiger partial charge in [0.05, 0.1) is 0 Å². The third-order valence-electron chi connectivity index (χ3n) is 5.05. The summed E-state index contributed by atoms with van der Waals surface area (Å²) in [6.07, 6.45) is 27.7. The van der Waals surface area contributed by atoms with Crippen LogP contribution in [0.4, 0.5) is 0 Å². The molecule has 0 aliphatic heterocycles. The van der Waals surface area contributed by atoms with Crippen LogP contribution in [0.2, 0.25) is 0 Å². The third-order valence-corrected chi connectivity index (χ3v) is 5.05. The second-order valence-corrected chi connectivity index (χ2v) is 9.35. The van der Waals surface area contributed by atoms with Crippen molar-refractivity contribution in [2.24, 2.45) is 0 Å². The average Bonchev–Trinajstić information content (AvgIpc) is 2.94. The van der Waals surface area contributed by atoms with Crippen molar-refractivity contribution in [1.29, 1.82) is 0 Å². The first-order valence-electron chi connectivity index (χ1n) is 17.8. The zero-order chi connectivity index (χ0) is 30.3. The van der Waals surface area contributed by atoms with Crippen molar-refractivity contribution in [2.45, 2.75) is 225 Å². The van der Waals surface area contributed by atoms with Crippen LogP contribution in [0.25, 0.3) is 0 Å². The van der Waals surface area contributed by atoms with Crippen LogP contribution in [0.15, 0.2) is 0 Å². The lowest BCUT2D eigenvalue weighted by molar-refractivity contribution is 0.572. The zero-order valence-corrected chi connectivity index (χ0v) is 30.1. The van der Waals surface area contributed by atoms with Crippen molar-refractivity contribution >= 4 is 0 Å². The molecule has 0 fully saturated rings. The molecule has 0 heterocycles. The van der Waals surface area contributed by atoms with Gasteiger partial charge in [-0.2, -0.15) is 0 Å². The molecule has 0 saturated carbocycles. The van der Waals surface area contributed by atoms with Gasteiger partial charge in [-0.1, -0.05) is 213 Å². The van der Waals surface area contributed by atoms with Gasteiger partial charge in [-0.05, 0) is 25.9 Å². The van der Waals surface area contributed by atoms with Crippen LogP contribution < -0.4 is 5.32 Å². The summed E-state index contributed by atoms with van der Waals surface area (Å²) in [5.41, 5.74) is 0. The predicted molar refractivity (Wildman–Crippen MR) is 185 cm³/mol. The smallest absolute Gasteiger partial charge is 0.00490 e. The van der Waals surface area contributed by atoms with Crippen molar-refractivity contribution in [3.05, 3.63) is 0 Å². The number of nitrogens with one attached hydrogen (secondary N) is 1. The first kappa shape index (κ1) is 53.2. The molecule has 0 amide bonds. The van der Waals surface area contributed by atoms with Gasteiger partial charge >= 0.3 is 0 Å². The van der Waals surface area contributed by atoms with Crippen LogP contribution in [-0.4, -0.2) is 13.1 Å². The first-order valence-corrected chi connectivity index (χ1v) is 17.8. The Hall–Kier alpha value is -0.0400. The van der Waals surface area contributed by atoms with E-state index in [1.807, 2.05) is 27.7 Å². The Balaban J connectivity index is -0.0000000620. The molecule has 1 nitrogen and oxygen atoms in total. The summed E-state index contributed by atoms with van der Waals surface area (Å²) in [4.78, 5) is 0.